The molecule has 2 rings (SSSR count). The highest BCUT2D eigenvalue weighted by Crippen LogP contribution is 2.21. The number of nitrogens with one attached hydrogen (secondary N) is 1. The summed E-state index contributed by atoms with van der Waals surface area (Å²) in [5.74, 6) is 0.927. The van der Waals surface area contributed by atoms with E-state index >= 15 is 0 Å². The highest BCUT2D eigenvalue weighted by molar-refractivity contribution is 7.79. The first kappa shape index (κ1) is 16.8. The summed E-state index contributed by atoms with van der Waals surface area (Å²) in [6.45, 7) is 0.458. The molecule has 0 spiro atoms. The fourth-order valence-electron chi connectivity index (χ4n) is 1.56. The van der Waals surface area contributed by atoms with Gasteiger partial charge in [0, 0.05) is 16.6 Å². The molecule has 0 aliphatic rings. The Balaban J connectivity index is 0.000000383. The third-order valence-electron chi connectivity index (χ3n) is 2.32. The topological polar surface area (TPSA) is 164 Å². The van der Waals surface area contributed by atoms with Gasteiger partial charge in [0.2, 0.25) is 0 Å². The number of H-pyrrole nitrogens is 1. The van der Waals surface area contributed by atoms with E-state index in [0.717, 1.165) is 22.3 Å². The number of nitrogens with zero attached hydrogens (tertiary/aromatic N) is 1. The minimum absolute atomic E-state index is 0.0937. The number of aromatic amines is 1. The van der Waals surface area contributed by atoms with E-state index in [4.69, 9.17) is 33.7 Å². The number of benzene rings is 1. The summed E-state index contributed by atoms with van der Waals surface area (Å²) in [4.78, 5) is 7.17. The molecule has 21 heavy (non-hydrogen) atoms. The molecule has 7 N–H and O–H groups in total. The predicted octanol–water partition coefficient (Wildman–Crippen LogP) is 0.297. The number of ether oxygens (including phenoxy) is 1. The van der Waals surface area contributed by atoms with Crippen molar-refractivity contribution in [1.29, 1.82) is 0 Å². The van der Waals surface area contributed by atoms with Crippen molar-refractivity contribution in [2.24, 2.45) is 16.5 Å². The second-order valence-corrected chi connectivity index (χ2v) is 4.83. The van der Waals surface area contributed by atoms with E-state index in [2.05, 4.69) is 9.98 Å². The van der Waals surface area contributed by atoms with E-state index in [1.807, 2.05) is 24.3 Å². The molecular weight excluding hydrogens is 300 g/mol. The number of methoxy groups -OCH3 is 1. The van der Waals surface area contributed by atoms with Crippen LogP contribution in [0.1, 0.15) is 5.69 Å². The lowest BCUT2D eigenvalue weighted by atomic mass is 10.2. The number of hydrogen-bond donors (Lipinski definition) is 5. The number of fused-ring (bicyclic) bond motifs is 1. The molecule has 10 heteroatoms. The molecule has 0 atom stereocenters. The molecule has 9 nitrogen and oxygen atoms in total. The van der Waals surface area contributed by atoms with E-state index < -0.39 is 10.4 Å². The Morgan fingerprint density at radius 2 is 1.95 bits per heavy atom. The van der Waals surface area contributed by atoms with Crippen molar-refractivity contribution in [2.45, 2.75) is 6.54 Å². The normalized spacial score (nSPS) is 10.6. The zero-order chi connectivity index (χ0) is 16.0. The Labute approximate surface area is 121 Å². The van der Waals surface area contributed by atoms with Crippen LogP contribution in [0.25, 0.3) is 10.9 Å². The number of rotatable bonds is 3. The lowest BCUT2D eigenvalue weighted by Crippen LogP contribution is -2.22. The summed E-state index contributed by atoms with van der Waals surface area (Å²) in [5.41, 5.74) is 12.6. The van der Waals surface area contributed by atoms with Gasteiger partial charge in [-0.15, -0.1) is 0 Å². The largest absolute Gasteiger partial charge is 0.497 e. The first-order chi connectivity index (χ1) is 9.69. The fourth-order valence-corrected chi connectivity index (χ4v) is 1.56. The van der Waals surface area contributed by atoms with E-state index in [-0.39, 0.29) is 5.96 Å². The van der Waals surface area contributed by atoms with Crippen LogP contribution in [0.2, 0.25) is 0 Å². The fraction of sp³-hybridized carbons (Fsp3) is 0.182. The Hall–Kier alpha value is -2.30. The maximum atomic E-state index is 8.74. The number of hydrogen-bond acceptors (Lipinski definition) is 4. The first-order valence-electron chi connectivity index (χ1n) is 5.60. The Morgan fingerprint density at radius 3 is 2.48 bits per heavy atom. The second kappa shape index (κ2) is 6.92. The van der Waals surface area contributed by atoms with Crippen LogP contribution in [0.3, 0.4) is 0 Å². The van der Waals surface area contributed by atoms with Crippen LogP contribution in [0.4, 0.5) is 0 Å². The molecule has 1 heterocycles. The molecule has 0 radical (unpaired) electrons. The van der Waals surface area contributed by atoms with E-state index in [1.165, 1.54) is 0 Å². The smallest absolute Gasteiger partial charge is 0.394 e. The second-order valence-electron chi connectivity index (χ2n) is 3.94. The zero-order valence-electron chi connectivity index (χ0n) is 11.1. The number of nitrogens with two attached hydrogens (primary N) is 2. The lowest BCUT2D eigenvalue weighted by Gasteiger charge is -1.97. The third-order valence-corrected chi connectivity index (χ3v) is 2.32. The molecular formula is C11H16N4O5S. The van der Waals surface area contributed by atoms with Crippen molar-refractivity contribution in [3.8, 4) is 5.75 Å². The highest BCUT2D eigenvalue weighted by Gasteiger charge is 2.01. The predicted molar refractivity (Wildman–Crippen MR) is 78.5 cm³/mol. The summed E-state index contributed by atoms with van der Waals surface area (Å²) < 4.78 is 36.7. The van der Waals surface area contributed by atoms with Gasteiger partial charge < -0.3 is 21.2 Å². The van der Waals surface area contributed by atoms with Crippen molar-refractivity contribution in [3.63, 3.8) is 0 Å². The average molecular weight is 316 g/mol. The molecule has 0 saturated carbocycles. The van der Waals surface area contributed by atoms with Gasteiger partial charge in [-0.3, -0.25) is 9.11 Å². The monoisotopic (exact) mass is 316 g/mol. The molecule has 1 aromatic heterocycles. The van der Waals surface area contributed by atoms with Gasteiger partial charge in [0.15, 0.2) is 5.96 Å². The van der Waals surface area contributed by atoms with E-state index in [0.29, 0.717) is 6.54 Å². The zero-order valence-corrected chi connectivity index (χ0v) is 12.0. The summed E-state index contributed by atoms with van der Waals surface area (Å²) in [7, 11) is -3.02. The SMILES string of the molecule is COc1ccc2[nH]c(CN=C(N)N)cc2c1.O=S(=O)(O)O. The van der Waals surface area contributed by atoms with Crippen molar-refractivity contribution in [3.05, 3.63) is 30.0 Å². The molecule has 1 aromatic carbocycles. The van der Waals surface area contributed by atoms with Gasteiger partial charge in [-0.1, -0.05) is 0 Å². The Bertz CT molecular complexity index is 726. The van der Waals surface area contributed by atoms with Crippen molar-refractivity contribution < 1.29 is 22.3 Å². The van der Waals surface area contributed by atoms with Gasteiger partial charge >= 0.3 is 10.4 Å². The number of aliphatic imine (C=N–C) groups is 1. The summed E-state index contributed by atoms with van der Waals surface area (Å²) in [5, 5.41) is 1.08. The van der Waals surface area contributed by atoms with Crippen molar-refractivity contribution >= 4 is 27.3 Å². The molecule has 0 unspecified atom stereocenters. The molecule has 0 aliphatic heterocycles. The number of guanidine groups is 1. The van der Waals surface area contributed by atoms with Crippen LogP contribution in [0, 0.1) is 0 Å². The van der Waals surface area contributed by atoms with Crippen LogP contribution < -0.4 is 16.2 Å². The lowest BCUT2D eigenvalue weighted by molar-refractivity contribution is 0.381. The van der Waals surface area contributed by atoms with Crippen molar-refractivity contribution in [1.82, 2.24) is 4.98 Å². The maximum absolute atomic E-state index is 8.74. The van der Waals surface area contributed by atoms with Gasteiger partial charge in [-0.05, 0) is 24.3 Å². The number of aromatic nitrogens is 1. The minimum atomic E-state index is -4.67. The van der Waals surface area contributed by atoms with Crippen LogP contribution >= 0.6 is 0 Å². The Kier molecular flexibility index (Phi) is 5.52. The van der Waals surface area contributed by atoms with E-state index in [1.54, 1.807) is 7.11 Å². The molecule has 0 saturated heterocycles. The Morgan fingerprint density at radius 1 is 1.33 bits per heavy atom. The molecule has 0 fully saturated rings. The summed E-state index contributed by atoms with van der Waals surface area (Å²) in [6, 6.07) is 7.84. The maximum Gasteiger partial charge on any atom is 0.394 e. The molecule has 0 bridgehead atoms. The summed E-state index contributed by atoms with van der Waals surface area (Å²) in [6.07, 6.45) is 0. The molecule has 0 amide bonds. The van der Waals surface area contributed by atoms with E-state index in [9.17, 15) is 0 Å². The molecule has 0 aliphatic carbocycles. The van der Waals surface area contributed by atoms with Crippen LogP contribution in [0.15, 0.2) is 29.3 Å². The van der Waals surface area contributed by atoms with Gasteiger partial charge in [-0.2, -0.15) is 8.42 Å². The average Bonchev–Trinajstić information content (AvgIpc) is 2.75. The van der Waals surface area contributed by atoms with Crippen molar-refractivity contribution in [2.75, 3.05) is 7.11 Å². The van der Waals surface area contributed by atoms with Crippen LogP contribution in [0.5, 0.6) is 5.75 Å². The standard InChI is InChI=1S/C11H14N4O.H2O4S/c1-16-9-2-3-10-7(5-9)4-8(15-10)6-14-11(12)13;1-5(2,3)4/h2-5,15H,6H2,1H3,(H4,12,13,14);(H2,1,2,3,4). The van der Waals surface area contributed by atoms with Gasteiger partial charge in [-0.25, -0.2) is 4.99 Å². The minimum Gasteiger partial charge on any atom is -0.497 e. The third kappa shape index (κ3) is 6.61. The molecule has 2 aromatic rings. The summed E-state index contributed by atoms with van der Waals surface area (Å²) >= 11 is 0. The van der Waals surface area contributed by atoms with Gasteiger partial charge in [0.25, 0.3) is 0 Å². The van der Waals surface area contributed by atoms with Gasteiger partial charge in [0.1, 0.15) is 5.75 Å². The molecule has 116 valence electrons. The highest BCUT2D eigenvalue weighted by atomic mass is 32.3. The van der Waals surface area contributed by atoms with Crippen LogP contribution in [-0.4, -0.2) is 35.6 Å². The van der Waals surface area contributed by atoms with Crippen LogP contribution in [-0.2, 0) is 16.9 Å². The first-order valence-corrected chi connectivity index (χ1v) is 6.99. The quantitative estimate of drug-likeness (QED) is 0.308. The van der Waals surface area contributed by atoms with Gasteiger partial charge in [0.05, 0.1) is 13.7 Å².